The molecule has 0 aliphatic rings. The topological polar surface area (TPSA) is 22.0 Å². The van der Waals surface area contributed by atoms with Crippen LogP contribution in [0.4, 0.5) is 0 Å². The summed E-state index contributed by atoms with van der Waals surface area (Å²) in [5.41, 5.74) is 0. The number of carbonyl (C=O) groups excluding carboxylic acids is 1. The van der Waals surface area contributed by atoms with Crippen LogP contribution < -0.4 is 0 Å². The molecule has 1 aromatic rings. The second-order valence-electron chi connectivity index (χ2n) is 1.07. The van der Waals surface area contributed by atoms with E-state index >= 15 is 0 Å². The van der Waals surface area contributed by atoms with Crippen molar-refractivity contribution < 1.29 is 4.79 Å². The van der Waals surface area contributed by atoms with Crippen LogP contribution in [0.1, 0.15) is 0 Å². The lowest BCUT2D eigenvalue weighted by Gasteiger charge is -1.75. The highest BCUT2D eigenvalue weighted by Crippen LogP contribution is 1.78. The summed E-state index contributed by atoms with van der Waals surface area (Å²) in [6.45, 7) is 0. The quantitative estimate of drug-likeness (QED) is 0.452. The summed E-state index contributed by atoms with van der Waals surface area (Å²) in [5.74, 6) is 0. The van der Waals surface area contributed by atoms with Crippen LogP contribution in [-0.2, 0) is 4.79 Å². The lowest BCUT2D eigenvalue weighted by Crippen LogP contribution is -1.87. The van der Waals surface area contributed by atoms with Crippen molar-refractivity contribution in [1.29, 1.82) is 0 Å². The van der Waals surface area contributed by atoms with Gasteiger partial charge in [0.1, 0.15) is 0 Å². The number of hydrogen-bond acceptors (Lipinski definition) is 1. The Balaban J connectivity index is 2.96. The third kappa shape index (κ3) is 0.682. The van der Waals surface area contributed by atoms with Crippen LogP contribution in [0.2, 0.25) is 0 Å². The zero-order chi connectivity index (χ0) is 5.11. The molecule has 0 saturated heterocycles. The summed E-state index contributed by atoms with van der Waals surface area (Å²) < 4.78 is 1.19. The van der Waals surface area contributed by atoms with Gasteiger partial charge >= 0.3 is 0 Å². The molecule has 0 aliphatic heterocycles. The average Bonchev–Trinajstić information content (AvgIpc) is 2.14. The molecule has 0 fully saturated rings. The summed E-state index contributed by atoms with van der Waals surface area (Å²) in [6.07, 6.45) is 5.80. The fraction of sp³-hybridized carbons (Fsp3) is 0. The minimum absolute atomic E-state index is 0.639. The summed E-state index contributed by atoms with van der Waals surface area (Å²) in [4.78, 5) is 9.77. The normalized spacial score (nSPS) is 8.57. The monoisotopic (exact) mass is 93.0 g/mol. The van der Waals surface area contributed by atoms with E-state index < -0.39 is 0 Å². The maximum atomic E-state index is 9.77. The molecule has 1 rings (SSSR count). The zero-order valence-corrected chi connectivity index (χ0v) is 3.59. The summed E-state index contributed by atoms with van der Waals surface area (Å²) in [6, 6.07) is 3.24. The van der Waals surface area contributed by atoms with Crippen molar-refractivity contribution in [3.8, 4) is 0 Å². The van der Waals surface area contributed by atoms with Gasteiger partial charge in [-0.2, -0.15) is 0 Å². The molecule has 2 heteroatoms. The van der Waals surface area contributed by atoms with Gasteiger partial charge in [-0.3, -0.25) is 9.36 Å². The molecule has 0 N–H and O–H groups in total. The fourth-order valence-electron chi connectivity index (χ4n) is 0.333. The van der Waals surface area contributed by atoms with E-state index in [1.54, 1.807) is 12.1 Å². The first-order chi connectivity index (χ1) is 3.43. The number of hydrogen-bond donors (Lipinski definition) is 0. The van der Waals surface area contributed by atoms with Gasteiger partial charge in [0.05, 0.1) is 12.4 Å². The average molecular weight is 93.1 g/mol. The second-order valence-corrected chi connectivity index (χ2v) is 1.07. The van der Waals surface area contributed by atoms with Gasteiger partial charge in [0.2, 0.25) is 6.41 Å². The van der Waals surface area contributed by atoms with E-state index in [2.05, 4.69) is 12.4 Å². The molecule has 0 unspecified atom stereocenters. The van der Waals surface area contributed by atoms with Crippen molar-refractivity contribution in [2.75, 3.05) is 0 Å². The molecule has 0 bridgehead atoms. The standard InChI is InChI=1S/C5H3NO/c7-5-6-3-1-2-4-6/h1-2,5H. The fourth-order valence-corrected chi connectivity index (χ4v) is 0.333. The number of rotatable bonds is 1. The number of carbonyl (C=O) groups is 1. The minimum atomic E-state index is 0.639. The summed E-state index contributed by atoms with van der Waals surface area (Å²) >= 11 is 0. The maximum Gasteiger partial charge on any atom is 0.218 e. The Hall–Kier alpha value is -1.05. The van der Waals surface area contributed by atoms with E-state index in [1.807, 2.05) is 0 Å². The molecule has 0 aliphatic carbocycles. The molecule has 0 aromatic carbocycles. The first-order valence-electron chi connectivity index (χ1n) is 1.85. The van der Waals surface area contributed by atoms with Crippen molar-refractivity contribution >= 4 is 6.41 Å². The molecule has 34 valence electrons. The van der Waals surface area contributed by atoms with Gasteiger partial charge < -0.3 is 0 Å². The van der Waals surface area contributed by atoms with Gasteiger partial charge in [0.25, 0.3) is 0 Å². The zero-order valence-electron chi connectivity index (χ0n) is 3.59. The van der Waals surface area contributed by atoms with Crippen LogP contribution in [0.5, 0.6) is 0 Å². The molecule has 2 nitrogen and oxygen atoms in total. The highest BCUT2D eigenvalue weighted by Gasteiger charge is 1.78. The Bertz CT molecular complexity index is 143. The molecular weight excluding hydrogens is 90.1 g/mol. The lowest BCUT2D eigenvalue weighted by atomic mass is 10.7. The minimum Gasteiger partial charge on any atom is -0.279 e. The van der Waals surface area contributed by atoms with Gasteiger partial charge in [-0.25, -0.2) is 0 Å². The SMILES string of the molecule is O=Cn1[c]cc[c]1. The molecular formula is C5H3NO. The van der Waals surface area contributed by atoms with Gasteiger partial charge in [-0.15, -0.1) is 0 Å². The lowest BCUT2D eigenvalue weighted by molar-refractivity contribution is 0.547. The van der Waals surface area contributed by atoms with Crippen LogP contribution >= 0.6 is 0 Å². The summed E-state index contributed by atoms with van der Waals surface area (Å²) in [7, 11) is 0. The van der Waals surface area contributed by atoms with Crippen LogP contribution in [0.25, 0.3) is 0 Å². The Labute approximate surface area is 41.4 Å². The van der Waals surface area contributed by atoms with Crippen molar-refractivity contribution in [2.24, 2.45) is 0 Å². The van der Waals surface area contributed by atoms with Crippen molar-refractivity contribution in [1.82, 2.24) is 4.57 Å². The molecule has 0 amide bonds. The van der Waals surface area contributed by atoms with Crippen LogP contribution in [0.15, 0.2) is 12.1 Å². The highest BCUT2D eigenvalue weighted by atomic mass is 16.1. The first-order valence-corrected chi connectivity index (χ1v) is 1.85. The third-order valence-electron chi connectivity index (χ3n) is 0.616. The molecule has 1 aromatic heterocycles. The van der Waals surface area contributed by atoms with Crippen molar-refractivity contribution in [3.63, 3.8) is 0 Å². The van der Waals surface area contributed by atoms with E-state index in [0.717, 1.165) is 0 Å². The van der Waals surface area contributed by atoms with Gasteiger partial charge in [-0.1, -0.05) is 0 Å². The maximum absolute atomic E-state index is 9.77. The van der Waals surface area contributed by atoms with Crippen LogP contribution in [-0.4, -0.2) is 11.0 Å². The van der Waals surface area contributed by atoms with Gasteiger partial charge in [0.15, 0.2) is 0 Å². The molecule has 2 radical (unpaired) electrons. The largest absolute Gasteiger partial charge is 0.279 e. The highest BCUT2D eigenvalue weighted by molar-refractivity contribution is 5.51. The van der Waals surface area contributed by atoms with Crippen LogP contribution in [0.3, 0.4) is 0 Å². The van der Waals surface area contributed by atoms with E-state index in [4.69, 9.17) is 0 Å². The molecule has 1 heterocycles. The number of nitrogens with zero attached hydrogens (tertiary/aromatic N) is 1. The Kier molecular flexibility index (Phi) is 0.941. The second kappa shape index (κ2) is 1.60. The van der Waals surface area contributed by atoms with Crippen molar-refractivity contribution in [3.05, 3.63) is 24.5 Å². The Morgan fingerprint density at radius 1 is 1.43 bits per heavy atom. The predicted octanol–water partition coefficient (Wildman–Crippen LogP) is 0.127. The Morgan fingerprint density at radius 2 is 2.00 bits per heavy atom. The third-order valence-corrected chi connectivity index (χ3v) is 0.616. The van der Waals surface area contributed by atoms with E-state index in [0.29, 0.717) is 6.41 Å². The smallest absolute Gasteiger partial charge is 0.218 e. The molecule has 0 saturated carbocycles. The van der Waals surface area contributed by atoms with E-state index in [1.165, 1.54) is 4.57 Å². The molecule has 7 heavy (non-hydrogen) atoms. The Morgan fingerprint density at radius 3 is 2.29 bits per heavy atom. The van der Waals surface area contributed by atoms with Gasteiger partial charge in [0, 0.05) is 0 Å². The predicted molar refractivity (Wildman–Crippen MR) is 24.3 cm³/mol. The van der Waals surface area contributed by atoms with E-state index in [-0.39, 0.29) is 0 Å². The van der Waals surface area contributed by atoms with Gasteiger partial charge in [-0.05, 0) is 12.1 Å². The first kappa shape index (κ1) is 4.12. The van der Waals surface area contributed by atoms with E-state index in [9.17, 15) is 4.79 Å². The summed E-state index contributed by atoms with van der Waals surface area (Å²) in [5, 5.41) is 0. The van der Waals surface area contributed by atoms with Crippen LogP contribution in [0, 0.1) is 12.4 Å². The molecule has 0 spiro atoms. The van der Waals surface area contributed by atoms with Crippen molar-refractivity contribution in [2.45, 2.75) is 0 Å². The number of aromatic nitrogens is 1. The molecule has 0 atom stereocenters.